The fourth-order valence-electron chi connectivity index (χ4n) is 2.44. The van der Waals surface area contributed by atoms with Crippen LogP contribution < -0.4 is 5.73 Å². The van der Waals surface area contributed by atoms with Gasteiger partial charge in [-0.2, -0.15) is 0 Å². The van der Waals surface area contributed by atoms with Crippen molar-refractivity contribution in [2.45, 2.75) is 45.1 Å². The van der Waals surface area contributed by atoms with Gasteiger partial charge in [-0.05, 0) is 39.5 Å². The molecule has 0 unspecified atom stereocenters. The van der Waals surface area contributed by atoms with E-state index in [4.69, 9.17) is 10.5 Å². The molecular weight excluding hydrogens is 221 g/mol. The van der Waals surface area contributed by atoms with E-state index in [1.54, 1.807) is 6.92 Å². The monoisotopic (exact) mass is 239 g/mol. The van der Waals surface area contributed by atoms with Gasteiger partial charge in [0.25, 0.3) is 0 Å². The highest BCUT2D eigenvalue weighted by atomic mass is 19.1. The number of nitrogens with zero attached hydrogens (tertiary/aromatic N) is 2. The minimum absolute atomic E-state index is 0.0847. The van der Waals surface area contributed by atoms with Crippen molar-refractivity contribution in [3.63, 3.8) is 0 Å². The lowest BCUT2D eigenvalue weighted by Gasteiger charge is -2.27. The van der Waals surface area contributed by atoms with Crippen LogP contribution in [0.2, 0.25) is 0 Å². The van der Waals surface area contributed by atoms with Gasteiger partial charge in [-0.3, -0.25) is 0 Å². The molecule has 0 bridgehead atoms. The summed E-state index contributed by atoms with van der Waals surface area (Å²) < 4.78 is 19.2. The Morgan fingerprint density at radius 2 is 2.00 bits per heavy atom. The Bertz CT molecular complexity index is 393. The standard InChI is InChI=1S/C12H18FN3O/c1-3-17-12(6-4-5-7-12)11-15-8(2)9(13)10(14)16-11/h3-7H2,1-2H3,(H2,14,15,16). The van der Waals surface area contributed by atoms with Crippen LogP contribution in [-0.2, 0) is 10.3 Å². The summed E-state index contributed by atoms with van der Waals surface area (Å²) in [5, 5.41) is 0. The van der Waals surface area contributed by atoms with Gasteiger partial charge in [0.2, 0.25) is 0 Å². The molecule has 1 saturated carbocycles. The third-order valence-electron chi connectivity index (χ3n) is 3.28. The Kier molecular flexibility index (Phi) is 3.28. The lowest BCUT2D eigenvalue weighted by molar-refractivity contribution is -0.0458. The number of nitrogens with two attached hydrogens (primary N) is 1. The zero-order valence-electron chi connectivity index (χ0n) is 10.3. The van der Waals surface area contributed by atoms with E-state index in [9.17, 15) is 4.39 Å². The molecule has 1 aromatic heterocycles. The summed E-state index contributed by atoms with van der Waals surface area (Å²) in [4.78, 5) is 8.29. The van der Waals surface area contributed by atoms with Crippen LogP contribution >= 0.6 is 0 Å². The van der Waals surface area contributed by atoms with E-state index in [-0.39, 0.29) is 5.82 Å². The van der Waals surface area contributed by atoms with Gasteiger partial charge in [0.05, 0.1) is 5.69 Å². The second-order valence-electron chi connectivity index (χ2n) is 4.47. The number of hydrogen-bond donors (Lipinski definition) is 1. The van der Waals surface area contributed by atoms with Crippen molar-refractivity contribution in [3.8, 4) is 0 Å². The summed E-state index contributed by atoms with van der Waals surface area (Å²) in [6, 6.07) is 0. The first kappa shape index (κ1) is 12.2. The van der Waals surface area contributed by atoms with Gasteiger partial charge in [-0.15, -0.1) is 0 Å². The second kappa shape index (κ2) is 4.56. The number of hydrogen-bond acceptors (Lipinski definition) is 4. The Morgan fingerprint density at radius 3 is 2.53 bits per heavy atom. The van der Waals surface area contributed by atoms with Crippen molar-refractivity contribution in [2.24, 2.45) is 0 Å². The zero-order chi connectivity index (χ0) is 12.5. The van der Waals surface area contributed by atoms with E-state index in [1.165, 1.54) is 0 Å². The summed E-state index contributed by atoms with van der Waals surface area (Å²) in [7, 11) is 0. The van der Waals surface area contributed by atoms with Crippen molar-refractivity contribution in [3.05, 3.63) is 17.3 Å². The number of nitrogen functional groups attached to an aromatic ring is 1. The molecule has 17 heavy (non-hydrogen) atoms. The molecule has 0 atom stereocenters. The summed E-state index contributed by atoms with van der Waals surface area (Å²) in [6.07, 6.45) is 3.93. The first-order chi connectivity index (χ1) is 8.09. The van der Waals surface area contributed by atoms with Crippen LogP contribution in [-0.4, -0.2) is 16.6 Å². The van der Waals surface area contributed by atoms with E-state index in [2.05, 4.69) is 9.97 Å². The number of ether oxygens (including phenoxy) is 1. The SMILES string of the molecule is CCOC1(c2nc(C)c(F)c(N)n2)CCCC1. The van der Waals surface area contributed by atoms with E-state index < -0.39 is 11.4 Å². The Labute approximate surface area is 100 Å². The maximum atomic E-state index is 13.4. The fraction of sp³-hybridized carbons (Fsp3) is 0.667. The topological polar surface area (TPSA) is 61.0 Å². The van der Waals surface area contributed by atoms with Crippen LogP contribution in [0.4, 0.5) is 10.2 Å². The van der Waals surface area contributed by atoms with Gasteiger partial charge in [0.1, 0.15) is 5.60 Å². The van der Waals surface area contributed by atoms with Crippen molar-refractivity contribution in [1.29, 1.82) is 0 Å². The number of aryl methyl sites for hydroxylation is 1. The van der Waals surface area contributed by atoms with Crippen LogP contribution in [0.15, 0.2) is 0 Å². The van der Waals surface area contributed by atoms with Crippen LogP contribution in [0.3, 0.4) is 0 Å². The molecule has 0 radical (unpaired) electrons. The number of aromatic nitrogens is 2. The third kappa shape index (κ3) is 2.11. The van der Waals surface area contributed by atoms with Crippen LogP contribution in [0.25, 0.3) is 0 Å². The smallest absolute Gasteiger partial charge is 0.186 e. The predicted molar refractivity (Wildman–Crippen MR) is 62.9 cm³/mol. The Hall–Kier alpha value is -1.23. The molecule has 0 aromatic carbocycles. The average Bonchev–Trinajstić information content (AvgIpc) is 2.75. The minimum Gasteiger partial charge on any atom is -0.381 e. The largest absolute Gasteiger partial charge is 0.381 e. The van der Waals surface area contributed by atoms with Gasteiger partial charge in [-0.1, -0.05) is 0 Å². The van der Waals surface area contributed by atoms with Crippen LogP contribution in [0.1, 0.15) is 44.1 Å². The van der Waals surface area contributed by atoms with E-state index in [0.29, 0.717) is 18.1 Å². The van der Waals surface area contributed by atoms with Crippen molar-refractivity contribution >= 4 is 5.82 Å². The van der Waals surface area contributed by atoms with Crippen molar-refractivity contribution in [1.82, 2.24) is 9.97 Å². The van der Waals surface area contributed by atoms with E-state index in [0.717, 1.165) is 25.7 Å². The fourth-order valence-corrected chi connectivity index (χ4v) is 2.44. The van der Waals surface area contributed by atoms with Gasteiger partial charge >= 0.3 is 0 Å². The van der Waals surface area contributed by atoms with Crippen LogP contribution in [0, 0.1) is 12.7 Å². The molecule has 2 N–H and O–H groups in total. The minimum atomic E-state index is -0.529. The molecule has 1 aliphatic rings. The predicted octanol–water partition coefficient (Wildman–Crippen LogP) is 2.31. The highest BCUT2D eigenvalue weighted by Crippen LogP contribution is 2.40. The first-order valence-corrected chi connectivity index (χ1v) is 6.03. The summed E-state index contributed by atoms with van der Waals surface area (Å²) in [5.41, 5.74) is 5.40. The van der Waals surface area contributed by atoms with Crippen molar-refractivity contribution < 1.29 is 9.13 Å². The Morgan fingerprint density at radius 1 is 1.35 bits per heavy atom. The molecule has 2 rings (SSSR count). The maximum absolute atomic E-state index is 13.4. The quantitative estimate of drug-likeness (QED) is 0.879. The normalized spacial score (nSPS) is 18.5. The second-order valence-corrected chi connectivity index (χ2v) is 4.47. The van der Waals surface area contributed by atoms with Crippen LogP contribution in [0.5, 0.6) is 0 Å². The number of anilines is 1. The van der Waals surface area contributed by atoms with Gasteiger partial charge in [-0.25, -0.2) is 14.4 Å². The molecule has 1 fully saturated rings. The molecule has 5 heteroatoms. The molecule has 4 nitrogen and oxygen atoms in total. The molecule has 0 saturated heterocycles. The summed E-state index contributed by atoms with van der Waals surface area (Å²) in [5.74, 6) is -0.0786. The first-order valence-electron chi connectivity index (χ1n) is 6.03. The van der Waals surface area contributed by atoms with E-state index >= 15 is 0 Å². The molecule has 1 heterocycles. The molecule has 0 spiro atoms. The number of rotatable bonds is 3. The molecule has 0 amide bonds. The summed E-state index contributed by atoms with van der Waals surface area (Å²) >= 11 is 0. The van der Waals surface area contributed by atoms with E-state index in [1.807, 2.05) is 6.92 Å². The highest BCUT2D eigenvalue weighted by molar-refractivity contribution is 5.33. The van der Waals surface area contributed by atoms with Gasteiger partial charge < -0.3 is 10.5 Å². The lowest BCUT2D eigenvalue weighted by Crippen LogP contribution is -2.30. The highest BCUT2D eigenvalue weighted by Gasteiger charge is 2.39. The lowest BCUT2D eigenvalue weighted by atomic mass is 10.0. The molecule has 94 valence electrons. The summed E-state index contributed by atoms with van der Waals surface area (Å²) in [6.45, 7) is 4.14. The maximum Gasteiger partial charge on any atom is 0.186 e. The third-order valence-corrected chi connectivity index (χ3v) is 3.28. The zero-order valence-corrected chi connectivity index (χ0v) is 10.3. The average molecular weight is 239 g/mol. The molecule has 1 aromatic rings. The van der Waals surface area contributed by atoms with Gasteiger partial charge in [0.15, 0.2) is 17.5 Å². The molecular formula is C12H18FN3O. The Balaban J connectivity index is 2.43. The van der Waals surface area contributed by atoms with Gasteiger partial charge in [0, 0.05) is 6.61 Å². The number of halogens is 1. The molecule has 1 aliphatic carbocycles. The van der Waals surface area contributed by atoms with Crippen molar-refractivity contribution in [2.75, 3.05) is 12.3 Å². The molecule has 0 aliphatic heterocycles.